The first-order chi connectivity index (χ1) is 12.2. The number of oxazole rings is 1. The van der Waals surface area contributed by atoms with E-state index in [-0.39, 0.29) is 22.4 Å². The second-order valence-corrected chi connectivity index (χ2v) is 5.34. The van der Waals surface area contributed by atoms with Gasteiger partial charge in [-0.2, -0.15) is 13.2 Å². The number of nitrogens with zero attached hydrogens (tertiary/aromatic N) is 3. The highest BCUT2D eigenvalue weighted by molar-refractivity contribution is 5.78. The zero-order chi connectivity index (χ0) is 18.6. The summed E-state index contributed by atoms with van der Waals surface area (Å²) < 4.78 is 71.2. The van der Waals surface area contributed by atoms with Crippen LogP contribution in [-0.4, -0.2) is 19.5 Å². The third-order valence-electron chi connectivity index (χ3n) is 3.68. The van der Waals surface area contributed by atoms with Gasteiger partial charge < -0.3 is 4.42 Å². The highest BCUT2D eigenvalue weighted by Crippen LogP contribution is 2.32. The summed E-state index contributed by atoms with van der Waals surface area (Å²) in [4.78, 5) is 20.7. The smallest absolute Gasteiger partial charge is 0.408 e. The monoisotopic (exact) mass is 370 g/mol. The third-order valence-corrected chi connectivity index (χ3v) is 3.68. The Kier molecular flexibility index (Phi) is 3.36. The van der Waals surface area contributed by atoms with Crippen molar-refractivity contribution in [2.24, 2.45) is 0 Å². The molecule has 3 aromatic heterocycles. The number of nitrogens with one attached hydrogen (secondary N) is 1. The second kappa shape index (κ2) is 5.38. The molecular weight excluding hydrogens is 363 g/mol. The van der Waals surface area contributed by atoms with Crippen molar-refractivity contribution in [2.75, 3.05) is 0 Å². The number of H-pyrrole nitrogens is 1. The number of hydrogen-bond acceptors (Lipinski definition) is 4. The second-order valence-electron chi connectivity index (χ2n) is 5.34. The number of imidazole rings is 1. The summed E-state index contributed by atoms with van der Waals surface area (Å²) in [5.41, 5.74) is -1.34. The van der Waals surface area contributed by atoms with E-state index >= 15 is 0 Å². The molecular formula is C15H7F5N4O2. The lowest BCUT2D eigenvalue weighted by Gasteiger charge is -2.09. The Bertz CT molecular complexity index is 1190. The summed E-state index contributed by atoms with van der Waals surface area (Å²) in [6.45, 7) is 0. The van der Waals surface area contributed by atoms with Crippen molar-refractivity contribution in [3.8, 4) is 5.69 Å². The fourth-order valence-corrected chi connectivity index (χ4v) is 2.61. The van der Waals surface area contributed by atoms with Gasteiger partial charge in [-0.1, -0.05) is 0 Å². The summed E-state index contributed by atoms with van der Waals surface area (Å²) in [7, 11) is 0. The molecule has 134 valence electrons. The van der Waals surface area contributed by atoms with E-state index in [1.807, 2.05) is 0 Å². The molecule has 4 rings (SSSR count). The summed E-state index contributed by atoms with van der Waals surface area (Å²) in [5, 5.41) is 0. The zero-order valence-electron chi connectivity index (χ0n) is 12.5. The molecule has 4 aromatic rings. The standard InChI is InChI=1S/C15H7F5N4O2/c16-11(17)13-21-8-3-4-10(15(18,19)20)23-12(8)24(13)6-1-2-7-9(5-6)26-14(25)22-7/h1-5,11H,(H,22,25). The van der Waals surface area contributed by atoms with Crippen LogP contribution in [0.15, 0.2) is 39.5 Å². The Morgan fingerprint density at radius 1 is 1.12 bits per heavy atom. The largest absolute Gasteiger partial charge is 0.433 e. The molecule has 0 aliphatic rings. The van der Waals surface area contributed by atoms with Crippen molar-refractivity contribution in [2.45, 2.75) is 12.6 Å². The lowest BCUT2D eigenvalue weighted by Crippen LogP contribution is -2.09. The van der Waals surface area contributed by atoms with Crippen LogP contribution in [0.25, 0.3) is 28.0 Å². The number of rotatable bonds is 2. The van der Waals surface area contributed by atoms with E-state index in [4.69, 9.17) is 4.42 Å². The molecule has 0 saturated carbocycles. The summed E-state index contributed by atoms with van der Waals surface area (Å²) in [5.74, 6) is -1.52. The molecule has 11 heteroatoms. The number of aromatic nitrogens is 4. The molecule has 1 aromatic carbocycles. The predicted molar refractivity (Wildman–Crippen MR) is 79.2 cm³/mol. The molecule has 1 N–H and O–H groups in total. The maximum absolute atomic E-state index is 13.4. The van der Waals surface area contributed by atoms with Gasteiger partial charge in [0.25, 0.3) is 6.43 Å². The van der Waals surface area contributed by atoms with Crippen LogP contribution in [-0.2, 0) is 6.18 Å². The van der Waals surface area contributed by atoms with E-state index < -0.39 is 29.9 Å². The number of aromatic amines is 1. The van der Waals surface area contributed by atoms with Gasteiger partial charge in [0.2, 0.25) is 0 Å². The maximum atomic E-state index is 13.4. The maximum Gasteiger partial charge on any atom is 0.433 e. The molecule has 0 aliphatic carbocycles. The number of benzene rings is 1. The number of halogens is 5. The average Bonchev–Trinajstić information content (AvgIpc) is 3.11. The summed E-state index contributed by atoms with van der Waals surface area (Å²) >= 11 is 0. The topological polar surface area (TPSA) is 76.7 Å². The van der Waals surface area contributed by atoms with Gasteiger partial charge in [0.1, 0.15) is 11.2 Å². The molecule has 0 bridgehead atoms. The van der Waals surface area contributed by atoms with E-state index in [9.17, 15) is 26.7 Å². The van der Waals surface area contributed by atoms with Gasteiger partial charge >= 0.3 is 11.9 Å². The summed E-state index contributed by atoms with van der Waals surface area (Å²) in [6, 6.07) is 5.60. The predicted octanol–water partition coefficient (Wildman–Crippen LogP) is 3.81. The Hall–Kier alpha value is -3.24. The lowest BCUT2D eigenvalue weighted by molar-refractivity contribution is -0.141. The Labute approximate surface area is 139 Å². The minimum absolute atomic E-state index is 0.0323. The SMILES string of the molecule is O=c1[nH]c2ccc(-n3c(C(F)F)nc4ccc(C(F)(F)F)nc43)cc2o1. The Morgan fingerprint density at radius 2 is 1.88 bits per heavy atom. The molecule has 0 aliphatic heterocycles. The third kappa shape index (κ3) is 2.52. The van der Waals surface area contributed by atoms with Crippen LogP contribution in [0.5, 0.6) is 0 Å². The molecule has 0 spiro atoms. The van der Waals surface area contributed by atoms with Gasteiger partial charge in [-0.05, 0) is 24.3 Å². The first-order valence-electron chi connectivity index (χ1n) is 7.12. The van der Waals surface area contributed by atoms with Crippen LogP contribution in [0.2, 0.25) is 0 Å². The molecule has 0 fully saturated rings. The highest BCUT2D eigenvalue weighted by atomic mass is 19.4. The zero-order valence-corrected chi connectivity index (χ0v) is 12.5. The highest BCUT2D eigenvalue weighted by Gasteiger charge is 2.33. The first kappa shape index (κ1) is 16.2. The Balaban J connectivity index is 2.03. The van der Waals surface area contributed by atoms with Gasteiger partial charge in [0.15, 0.2) is 17.1 Å². The van der Waals surface area contributed by atoms with Crippen molar-refractivity contribution in [3.63, 3.8) is 0 Å². The van der Waals surface area contributed by atoms with Crippen molar-refractivity contribution < 1.29 is 26.4 Å². The molecule has 3 heterocycles. The fourth-order valence-electron chi connectivity index (χ4n) is 2.61. The van der Waals surface area contributed by atoms with Gasteiger partial charge in [0.05, 0.1) is 11.2 Å². The average molecular weight is 370 g/mol. The normalized spacial score (nSPS) is 12.5. The van der Waals surface area contributed by atoms with Crippen molar-refractivity contribution in [1.82, 2.24) is 19.5 Å². The van der Waals surface area contributed by atoms with E-state index in [0.717, 1.165) is 10.6 Å². The van der Waals surface area contributed by atoms with Crippen molar-refractivity contribution >= 4 is 22.3 Å². The number of fused-ring (bicyclic) bond motifs is 2. The van der Waals surface area contributed by atoms with Gasteiger partial charge in [-0.25, -0.2) is 23.5 Å². The van der Waals surface area contributed by atoms with Crippen LogP contribution in [0.4, 0.5) is 22.0 Å². The van der Waals surface area contributed by atoms with E-state index in [2.05, 4.69) is 15.0 Å². The van der Waals surface area contributed by atoms with E-state index in [0.29, 0.717) is 11.6 Å². The van der Waals surface area contributed by atoms with Gasteiger partial charge in [-0.3, -0.25) is 9.55 Å². The van der Waals surface area contributed by atoms with Crippen LogP contribution in [0.1, 0.15) is 17.9 Å². The van der Waals surface area contributed by atoms with Crippen LogP contribution in [0, 0.1) is 0 Å². The van der Waals surface area contributed by atoms with Crippen molar-refractivity contribution in [1.29, 1.82) is 0 Å². The number of pyridine rings is 1. The minimum Gasteiger partial charge on any atom is -0.408 e. The minimum atomic E-state index is -4.74. The molecule has 0 saturated heterocycles. The molecule has 26 heavy (non-hydrogen) atoms. The number of hydrogen-bond donors (Lipinski definition) is 1. The van der Waals surface area contributed by atoms with Crippen molar-refractivity contribution in [3.05, 3.63) is 52.4 Å². The number of alkyl halides is 5. The van der Waals surface area contributed by atoms with Crippen LogP contribution >= 0.6 is 0 Å². The molecule has 0 unspecified atom stereocenters. The first-order valence-corrected chi connectivity index (χ1v) is 7.12. The quantitative estimate of drug-likeness (QED) is 0.545. The van der Waals surface area contributed by atoms with E-state index in [1.165, 1.54) is 18.2 Å². The molecule has 0 radical (unpaired) electrons. The Morgan fingerprint density at radius 3 is 2.58 bits per heavy atom. The van der Waals surface area contributed by atoms with Gasteiger partial charge in [0, 0.05) is 6.07 Å². The van der Waals surface area contributed by atoms with Crippen LogP contribution in [0.3, 0.4) is 0 Å². The summed E-state index contributed by atoms with van der Waals surface area (Å²) in [6.07, 6.45) is -7.81. The molecule has 0 atom stereocenters. The molecule has 0 amide bonds. The van der Waals surface area contributed by atoms with Gasteiger partial charge in [-0.15, -0.1) is 0 Å². The fraction of sp³-hybridized carbons (Fsp3) is 0.133. The lowest BCUT2D eigenvalue weighted by atomic mass is 10.2. The molecule has 6 nitrogen and oxygen atoms in total. The van der Waals surface area contributed by atoms with Crippen LogP contribution < -0.4 is 5.76 Å². The van der Waals surface area contributed by atoms with E-state index in [1.54, 1.807) is 0 Å².